The van der Waals surface area contributed by atoms with E-state index in [2.05, 4.69) is 4.98 Å². The fourth-order valence-electron chi connectivity index (χ4n) is 0.777. The Morgan fingerprint density at radius 1 is 1.82 bits per heavy atom. The van der Waals surface area contributed by atoms with E-state index in [1.807, 2.05) is 0 Å². The summed E-state index contributed by atoms with van der Waals surface area (Å²) in [4.78, 5) is 13.4. The number of halogens is 1. The Morgan fingerprint density at radius 3 is 2.73 bits per heavy atom. The van der Waals surface area contributed by atoms with Crippen LogP contribution in [0.2, 0.25) is 5.15 Å². The molecule has 0 fully saturated rings. The molecule has 0 bridgehead atoms. The standard InChI is InChI=1S/C7H8ClNO2/c1-4(11)6-2-5(3-10)7(8)9-6/h2,9-10H,3H2,1H3. The van der Waals surface area contributed by atoms with Gasteiger partial charge in [-0.15, -0.1) is 0 Å². The molecule has 0 unspecified atom stereocenters. The lowest BCUT2D eigenvalue weighted by molar-refractivity contribution is 0.101. The van der Waals surface area contributed by atoms with E-state index in [0.717, 1.165) is 0 Å². The molecule has 1 aromatic heterocycles. The molecular weight excluding hydrogens is 166 g/mol. The molecule has 2 N–H and O–H groups in total. The highest BCUT2D eigenvalue weighted by Crippen LogP contribution is 2.16. The van der Waals surface area contributed by atoms with Gasteiger partial charge in [0.05, 0.1) is 12.3 Å². The second-order valence-electron chi connectivity index (χ2n) is 2.24. The quantitative estimate of drug-likeness (QED) is 0.664. The molecule has 0 spiro atoms. The van der Waals surface area contributed by atoms with Gasteiger partial charge in [-0.25, -0.2) is 0 Å². The molecule has 1 heterocycles. The summed E-state index contributed by atoms with van der Waals surface area (Å²) in [6, 6.07) is 1.55. The molecule has 0 aromatic carbocycles. The summed E-state index contributed by atoms with van der Waals surface area (Å²) < 4.78 is 0. The summed E-state index contributed by atoms with van der Waals surface area (Å²) in [6.45, 7) is 1.28. The van der Waals surface area contributed by atoms with Gasteiger partial charge >= 0.3 is 0 Å². The lowest BCUT2D eigenvalue weighted by Crippen LogP contribution is -1.90. The van der Waals surface area contributed by atoms with Crippen molar-refractivity contribution in [3.05, 3.63) is 22.5 Å². The topological polar surface area (TPSA) is 53.1 Å². The van der Waals surface area contributed by atoms with Crippen LogP contribution in [-0.4, -0.2) is 15.9 Å². The molecule has 0 amide bonds. The minimum atomic E-state index is -0.150. The van der Waals surface area contributed by atoms with Crippen LogP contribution in [0.3, 0.4) is 0 Å². The van der Waals surface area contributed by atoms with Crippen molar-refractivity contribution >= 4 is 17.4 Å². The molecular formula is C7H8ClNO2. The number of aromatic nitrogens is 1. The number of Topliss-reactive ketones (excluding diaryl/α,β-unsaturated/α-hetero) is 1. The molecule has 0 saturated heterocycles. The van der Waals surface area contributed by atoms with Crippen molar-refractivity contribution in [1.29, 1.82) is 0 Å². The van der Waals surface area contributed by atoms with Gasteiger partial charge in [0, 0.05) is 12.5 Å². The lowest BCUT2D eigenvalue weighted by atomic mass is 10.3. The Balaban J connectivity index is 3.05. The van der Waals surface area contributed by atoms with Gasteiger partial charge in [0.2, 0.25) is 0 Å². The molecule has 11 heavy (non-hydrogen) atoms. The van der Waals surface area contributed by atoms with Crippen molar-refractivity contribution in [2.75, 3.05) is 0 Å². The largest absolute Gasteiger partial charge is 0.392 e. The Morgan fingerprint density at radius 2 is 2.45 bits per heavy atom. The van der Waals surface area contributed by atoms with Gasteiger partial charge in [0.15, 0.2) is 5.78 Å². The minimum Gasteiger partial charge on any atom is -0.392 e. The Labute approximate surface area is 69.0 Å². The number of aliphatic hydroxyl groups excluding tert-OH is 1. The average Bonchev–Trinajstić information content (AvgIpc) is 2.31. The first-order valence-corrected chi connectivity index (χ1v) is 3.52. The van der Waals surface area contributed by atoms with E-state index in [0.29, 0.717) is 16.4 Å². The molecule has 3 nitrogen and oxygen atoms in total. The third-order valence-corrected chi connectivity index (χ3v) is 1.73. The zero-order valence-corrected chi connectivity index (χ0v) is 6.77. The molecule has 60 valence electrons. The van der Waals surface area contributed by atoms with Crippen LogP contribution in [0.15, 0.2) is 6.07 Å². The van der Waals surface area contributed by atoms with Crippen LogP contribution in [0.25, 0.3) is 0 Å². The molecule has 0 aliphatic rings. The first-order valence-electron chi connectivity index (χ1n) is 3.14. The van der Waals surface area contributed by atoms with Crippen molar-refractivity contribution in [1.82, 2.24) is 4.98 Å². The van der Waals surface area contributed by atoms with Crippen molar-refractivity contribution in [2.24, 2.45) is 0 Å². The SMILES string of the molecule is CC(=O)c1cc(CO)c(Cl)[nH]1. The van der Waals surface area contributed by atoms with Crippen LogP contribution >= 0.6 is 11.6 Å². The van der Waals surface area contributed by atoms with E-state index in [4.69, 9.17) is 16.7 Å². The predicted molar refractivity (Wildman–Crippen MR) is 41.7 cm³/mol. The fourth-order valence-corrected chi connectivity index (χ4v) is 0.993. The minimum absolute atomic E-state index is 0.0911. The third kappa shape index (κ3) is 1.61. The molecule has 0 atom stereocenters. The highest BCUT2D eigenvalue weighted by Gasteiger charge is 2.07. The summed E-state index contributed by atoms with van der Waals surface area (Å²) in [5.74, 6) is -0.0911. The Bertz CT molecular complexity index is 280. The summed E-state index contributed by atoms with van der Waals surface area (Å²) in [6.07, 6.45) is 0. The average molecular weight is 174 g/mol. The molecule has 0 aliphatic carbocycles. The van der Waals surface area contributed by atoms with Crippen LogP contribution in [0.4, 0.5) is 0 Å². The van der Waals surface area contributed by atoms with Crippen LogP contribution in [0.5, 0.6) is 0 Å². The Hall–Kier alpha value is -0.800. The number of rotatable bonds is 2. The first-order chi connectivity index (χ1) is 5.15. The maximum absolute atomic E-state index is 10.8. The molecule has 0 saturated carbocycles. The van der Waals surface area contributed by atoms with E-state index in [-0.39, 0.29) is 12.4 Å². The van der Waals surface area contributed by atoms with Crippen molar-refractivity contribution < 1.29 is 9.90 Å². The maximum atomic E-state index is 10.8. The van der Waals surface area contributed by atoms with Gasteiger partial charge in [-0.05, 0) is 6.07 Å². The maximum Gasteiger partial charge on any atom is 0.175 e. The highest BCUT2D eigenvalue weighted by molar-refractivity contribution is 6.30. The number of aliphatic hydroxyl groups is 1. The number of hydrogen-bond acceptors (Lipinski definition) is 2. The first kappa shape index (κ1) is 8.30. The Kier molecular flexibility index (Phi) is 2.31. The van der Waals surface area contributed by atoms with E-state index in [1.165, 1.54) is 6.92 Å². The summed E-state index contributed by atoms with van der Waals surface area (Å²) in [7, 11) is 0. The monoisotopic (exact) mass is 173 g/mol. The molecule has 0 radical (unpaired) electrons. The second-order valence-corrected chi connectivity index (χ2v) is 2.61. The third-order valence-electron chi connectivity index (χ3n) is 1.39. The number of H-pyrrole nitrogens is 1. The van der Waals surface area contributed by atoms with E-state index >= 15 is 0 Å². The highest BCUT2D eigenvalue weighted by atomic mass is 35.5. The lowest BCUT2D eigenvalue weighted by Gasteiger charge is -1.85. The molecule has 1 rings (SSSR count). The normalized spacial score (nSPS) is 10.1. The summed E-state index contributed by atoms with van der Waals surface area (Å²) in [5, 5.41) is 9.03. The van der Waals surface area contributed by atoms with E-state index in [1.54, 1.807) is 6.07 Å². The smallest absolute Gasteiger partial charge is 0.175 e. The number of carbonyl (C=O) groups excluding carboxylic acids is 1. The predicted octanol–water partition coefficient (Wildman–Crippen LogP) is 1.36. The zero-order chi connectivity index (χ0) is 8.43. The summed E-state index contributed by atoms with van der Waals surface area (Å²) >= 11 is 5.62. The number of ketones is 1. The molecule has 4 heteroatoms. The second kappa shape index (κ2) is 3.07. The molecule has 1 aromatic rings. The fraction of sp³-hybridized carbons (Fsp3) is 0.286. The van der Waals surface area contributed by atoms with Gasteiger partial charge in [-0.3, -0.25) is 4.79 Å². The van der Waals surface area contributed by atoms with Gasteiger partial charge in [-0.2, -0.15) is 0 Å². The van der Waals surface area contributed by atoms with Gasteiger partial charge < -0.3 is 10.1 Å². The summed E-state index contributed by atoms with van der Waals surface area (Å²) in [5.41, 5.74) is 0.982. The number of carbonyl (C=O) groups is 1. The zero-order valence-electron chi connectivity index (χ0n) is 6.02. The van der Waals surface area contributed by atoms with Crippen LogP contribution in [0, 0.1) is 0 Å². The van der Waals surface area contributed by atoms with Crippen LogP contribution in [0.1, 0.15) is 23.0 Å². The van der Waals surface area contributed by atoms with Crippen molar-refractivity contribution in [3.8, 4) is 0 Å². The van der Waals surface area contributed by atoms with E-state index < -0.39 is 0 Å². The van der Waals surface area contributed by atoms with E-state index in [9.17, 15) is 4.79 Å². The number of aromatic amines is 1. The van der Waals surface area contributed by atoms with Crippen LogP contribution in [-0.2, 0) is 6.61 Å². The number of nitrogens with one attached hydrogen (secondary N) is 1. The van der Waals surface area contributed by atoms with Crippen molar-refractivity contribution in [2.45, 2.75) is 13.5 Å². The van der Waals surface area contributed by atoms with Gasteiger partial charge in [0.25, 0.3) is 0 Å². The van der Waals surface area contributed by atoms with Gasteiger partial charge in [-0.1, -0.05) is 11.6 Å². The van der Waals surface area contributed by atoms with Crippen LogP contribution < -0.4 is 0 Å². The number of hydrogen-bond donors (Lipinski definition) is 2. The van der Waals surface area contributed by atoms with Crippen molar-refractivity contribution in [3.63, 3.8) is 0 Å². The molecule has 0 aliphatic heterocycles. The van der Waals surface area contributed by atoms with Gasteiger partial charge in [0.1, 0.15) is 5.15 Å².